The normalized spacial score (nSPS) is 20.6. The molecule has 0 saturated heterocycles. The fourth-order valence-electron chi connectivity index (χ4n) is 3.46. The van der Waals surface area contributed by atoms with Crippen LogP contribution >= 0.6 is 0 Å². The lowest BCUT2D eigenvalue weighted by atomic mass is 9.80. The summed E-state index contributed by atoms with van der Waals surface area (Å²) in [6.07, 6.45) is 16.2. The van der Waals surface area contributed by atoms with Crippen molar-refractivity contribution in [1.82, 2.24) is 0 Å². The van der Waals surface area contributed by atoms with Gasteiger partial charge in [0.05, 0.1) is 0 Å². The largest absolute Gasteiger partial charge is 0.0654 e. The predicted molar refractivity (Wildman–Crippen MR) is 78.3 cm³/mol. The van der Waals surface area contributed by atoms with Crippen molar-refractivity contribution in [1.29, 1.82) is 0 Å². The Kier molecular flexibility index (Phi) is 7.97. The summed E-state index contributed by atoms with van der Waals surface area (Å²) in [6, 6.07) is 0. The zero-order valence-electron chi connectivity index (χ0n) is 12.5. The summed E-state index contributed by atoms with van der Waals surface area (Å²) in [5.74, 6) is 3.00. The molecule has 0 heterocycles. The highest BCUT2D eigenvalue weighted by molar-refractivity contribution is 4.76. The Hall–Kier alpha value is 0. The minimum Gasteiger partial charge on any atom is -0.0654 e. The summed E-state index contributed by atoms with van der Waals surface area (Å²) in [7, 11) is 0. The summed E-state index contributed by atoms with van der Waals surface area (Å²) in [5.41, 5.74) is 0. The van der Waals surface area contributed by atoms with E-state index in [-0.39, 0.29) is 0 Å². The highest BCUT2D eigenvalue weighted by atomic mass is 14.3. The number of unbranched alkanes of at least 4 members (excludes halogenated alkanes) is 5. The van der Waals surface area contributed by atoms with Crippen LogP contribution in [0.5, 0.6) is 0 Å². The molecule has 1 fully saturated rings. The average Bonchev–Trinajstić information content (AvgIpc) is 2.86. The lowest BCUT2D eigenvalue weighted by Gasteiger charge is -2.25. The van der Waals surface area contributed by atoms with Gasteiger partial charge < -0.3 is 0 Å². The van der Waals surface area contributed by atoms with Crippen molar-refractivity contribution in [2.24, 2.45) is 17.8 Å². The van der Waals surface area contributed by atoms with Crippen LogP contribution in [-0.2, 0) is 0 Å². The average molecular weight is 238 g/mol. The molecule has 1 rings (SSSR count). The van der Waals surface area contributed by atoms with Crippen LogP contribution in [0, 0.1) is 17.8 Å². The molecule has 0 N–H and O–H groups in total. The monoisotopic (exact) mass is 238 g/mol. The minimum atomic E-state index is 0.962. The molecular weight excluding hydrogens is 204 g/mol. The van der Waals surface area contributed by atoms with E-state index in [0.29, 0.717) is 0 Å². The van der Waals surface area contributed by atoms with E-state index in [1.165, 1.54) is 70.6 Å². The summed E-state index contributed by atoms with van der Waals surface area (Å²) < 4.78 is 0. The van der Waals surface area contributed by atoms with Crippen molar-refractivity contribution in [3.05, 3.63) is 0 Å². The van der Waals surface area contributed by atoms with E-state index in [2.05, 4.69) is 20.8 Å². The third-order valence-electron chi connectivity index (χ3n) is 5.05. The van der Waals surface area contributed by atoms with E-state index in [0.717, 1.165) is 17.8 Å². The van der Waals surface area contributed by atoms with Gasteiger partial charge in [-0.25, -0.2) is 0 Å². The fourth-order valence-corrected chi connectivity index (χ4v) is 3.46. The van der Waals surface area contributed by atoms with Gasteiger partial charge >= 0.3 is 0 Å². The highest BCUT2D eigenvalue weighted by Crippen LogP contribution is 2.36. The molecule has 1 saturated carbocycles. The van der Waals surface area contributed by atoms with E-state index in [4.69, 9.17) is 0 Å². The van der Waals surface area contributed by atoms with E-state index in [9.17, 15) is 0 Å². The molecule has 0 amide bonds. The van der Waals surface area contributed by atoms with Gasteiger partial charge in [-0.2, -0.15) is 0 Å². The van der Waals surface area contributed by atoms with Gasteiger partial charge in [-0.05, 0) is 17.8 Å². The molecule has 2 unspecified atom stereocenters. The first kappa shape index (κ1) is 15.1. The maximum atomic E-state index is 2.51. The van der Waals surface area contributed by atoms with Gasteiger partial charge in [0.1, 0.15) is 0 Å². The van der Waals surface area contributed by atoms with E-state index >= 15 is 0 Å². The van der Waals surface area contributed by atoms with Crippen molar-refractivity contribution in [3.63, 3.8) is 0 Å². The Balaban J connectivity index is 2.01. The van der Waals surface area contributed by atoms with Crippen molar-refractivity contribution in [3.8, 4) is 0 Å². The molecule has 17 heavy (non-hydrogen) atoms. The molecular formula is C17H34. The number of hydrogen-bond acceptors (Lipinski definition) is 0. The number of hydrogen-bond donors (Lipinski definition) is 0. The molecule has 0 aliphatic heterocycles. The van der Waals surface area contributed by atoms with Crippen LogP contribution in [0.3, 0.4) is 0 Å². The van der Waals surface area contributed by atoms with E-state index in [1.807, 2.05) is 0 Å². The van der Waals surface area contributed by atoms with Crippen LogP contribution < -0.4 is 0 Å². The smallest absolute Gasteiger partial charge is 0.0386 e. The zero-order valence-corrected chi connectivity index (χ0v) is 12.5. The Bertz CT molecular complexity index is 167. The van der Waals surface area contributed by atoms with Gasteiger partial charge in [0.2, 0.25) is 0 Å². The van der Waals surface area contributed by atoms with Crippen molar-refractivity contribution in [2.75, 3.05) is 0 Å². The van der Waals surface area contributed by atoms with Gasteiger partial charge in [-0.1, -0.05) is 91.4 Å². The van der Waals surface area contributed by atoms with Crippen LogP contribution in [0.15, 0.2) is 0 Å². The van der Waals surface area contributed by atoms with Crippen molar-refractivity contribution in [2.45, 2.75) is 91.4 Å². The third kappa shape index (κ3) is 5.93. The topological polar surface area (TPSA) is 0 Å². The molecule has 0 aromatic carbocycles. The van der Waals surface area contributed by atoms with Crippen LogP contribution in [0.1, 0.15) is 91.4 Å². The Morgan fingerprint density at radius 3 is 2.12 bits per heavy atom. The molecule has 0 radical (unpaired) electrons. The Morgan fingerprint density at radius 1 is 0.882 bits per heavy atom. The third-order valence-corrected chi connectivity index (χ3v) is 5.05. The standard InChI is InChI=1S/C17H34/c1-4-5-6-7-8-9-12-15(2)16(3)17-13-10-11-14-17/h15-17H,4-14H2,1-3H3. The zero-order chi connectivity index (χ0) is 12.5. The molecule has 0 nitrogen and oxygen atoms in total. The maximum Gasteiger partial charge on any atom is -0.0386 e. The van der Waals surface area contributed by atoms with Crippen LogP contribution in [-0.4, -0.2) is 0 Å². The van der Waals surface area contributed by atoms with Gasteiger partial charge in [0.25, 0.3) is 0 Å². The SMILES string of the molecule is CCCCCCCCC(C)C(C)C1CCCC1. The lowest BCUT2D eigenvalue weighted by Crippen LogP contribution is -2.16. The molecule has 0 aromatic rings. The van der Waals surface area contributed by atoms with Crippen LogP contribution in [0.2, 0.25) is 0 Å². The first-order valence-electron chi connectivity index (χ1n) is 8.25. The minimum absolute atomic E-state index is 0.962. The van der Waals surface area contributed by atoms with Crippen molar-refractivity contribution >= 4 is 0 Å². The lowest BCUT2D eigenvalue weighted by molar-refractivity contribution is 0.248. The highest BCUT2D eigenvalue weighted by Gasteiger charge is 2.25. The van der Waals surface area contributed by atoms with E-state index in [1.54, 1.807) is 0 Å². The maximum absolute atomic E-state index is 2.51. The van der Waals surface area contributed by atoms with Crippen LogP contribution in [0.25, 0.3) is 0 Å². The summed E-state index contributed by atoms with van der Waals surface area (Å²) in [6.45, 7) is 7.30. The van der Waals surface area contributed by atoms with Crippen molar-refractivity contribution < 1.29 is 0 Å². The number of rotatable bonds is 9. The van der Waals surface area contributed by atoms with Gasteiger partial charge in [-0.3, -0.25) is 0 Å². The second-order valence-corrected chi connectivity index (χ2v) is 6.44. The first-order chi connectivity index (χ1) is 8.25. The molecule has 1 aliphatic rings. The van der Waals surface area contributed by atoms with E-state index < -0.39 is 0 Å². The molecule has 1 aliphatic carbocycles. The second kappa shape index (κ2) is 9.00. The molecule has 0 spiro atoms. The summed E-state index contributed by atoms with van der Waals surface area (Å²) in [5, 5.41) is 0. The fraction of sp³-hybridized carbons (Fsp3) is 1.00. The second-order valence-electron chi connectivity index (χ2n) is 6.44. The summed E-state index contributed by atoms with van der Waals surface area (Å²) in [4.78, 5) is 0. The molecule has 102 valence electrons. The Labute approximate surface area is 110 Å². The quantitative estimate of drug-likeness (QED) is 0.419. The molecule has 2 atom stereocenters. The first-order valence-corrected chi connectivity index (χ1v) is 8.25. The Morgan fingerprint density at radius 2 is 1.47 bits per heavy atom. The van der Waals surface area contributed by atoms with Gasteiger partial charge in [0, 0.05) is 0 Å². The molecule has 0 aromatic heterocycles. The van der Waals surface area contributed by atoms with Gasteiger partial charge in [0.15, 0.2) is 0 Å². The van der Waals surface area contributed by atoms with Gasteiger partial charge in [-0.15, -0.1) is 0 Å². The van der Waals surface area contributed by atoms with Crippen LogP contribution in [0.4, 0.5) is 0 Å². The summed E-state index contributed by atoms with van der Waals surface area (Å²) >= 11 is 0. The molecule has 0 heteroatoms. The molecule has 0 bridgehead atoms. The predicted octanol–water partition coefficient (Wildman–Crippen LogP) is 6.20.